The Morgan fingerprint density at radius 3 is 2.23 bits per heavy atom. The van der Waals surface area contributed by atoms with Gasteiger partial charge < -0.3 is 0 Å². The van der Waals surface area contributed by atoms with E-state index >= 15 is 0 Å². The number of hydrogen-bond donors (Lipinski definition) is 0. The van der Waals surface area contributed by atoms with Gasteiger partial charge in [-0.25, -0.2) is 0 Å². The van der Waals surface area contributed by atoms with Crippen molar-refractivity contribution in [3.8, 4) is 11.1 Å². The number of rotatable bonds is 5. The van der Waals surface area contributed by atoms with Crippen LogP contribution in [0.1, 0.15) is 15.9 Å². The number of allylic oxidation sites excluding steroid dienone is 1. The molecule has 5 heteroatoms. The second-order valence-corrected chi connectivity index (χ2v) is 6.02. The lowest BCUT2D eigenvalue weighted by Crippen LogP contribution is -1.94. The van der Waals surface area contributed by atoms with Crippen molar-refractivity contribution < 1.29 is 9.72 Å². The van der Waals surface area contributed by atoms with Crippen molar-refractivity contribution in [3.05, 3.63) is 105 Å². The number of ketones is 1. The summed E-state index contributed by atoms with van der Waals surface area (Å²) in [5.41, 5.74) is 3.00. The van der Waals surface area contributed by atoms with Gasteiger partial charge in [-0.15, -0.1) is 0 Å². The lowest BCUT2D eigenvalue weighted by Gasteiger charge is -2.02. The first-order valence-corrected chi connectivity index (χ1v) is 8.24. The van der Waals surface area contributed by atoms with Gasteiger partial charge in [-0.05, 0) is 28.8 Å². The second kappa shape index (κ2) is 7.76. The molecule has 0 aliphatic carbocycles. The summed E-state index contributed by atoms with van der Waals surface area (Å²) in [6.45, 7) is 0. The van der Waals surface area contributed by atoms with Crippen LogP contribution in [0.3, 0.4) is 0 Å². The summed E-state index contributed by atoms with van der Waals surface area (Å²) in [6, 6.07) is 21.6. The molecular weight excluding hydrogens is 350 g/mol. The van der Waals surface area contributed by atoms with Gasteiger partial charge in [0.15, 0.2) is 5.78 Å². The number of nitro groups is 1. The van der Waals surface area contributed by atoms with E-state index < -0.39 is 4.92 Å². The average molecular weight is 364 g/mol. The summed E-state index contributed by atoms with van der Waals surface area (Å²) in [4.78, 5) is 22.7. The molecule has 0 heterocycles. The van der Waals surface area contributed by atoms with Gasteiger partial charge in [-0.1, -0.05) is 78.3 Å². The molecule has 0 spiro atoms. The Hall–Kier alpha value is -3.24. The maximum atomic E-state index is 12.3. The zero-order valence-electron chi connectivity index (χ0n) is 13.6. The Kier molecular flexibility index (Phi) is 5.25. The molecule has 4 nitrogen and oxygen atoms in total. The maximum Gasteiger partial charge on any atom is 0.288 e. The summed E-state index contributed by atoms with van der Waals surface area (Å²) in [5, 5.41) is 11.0. The molecule has 0 N–H and O–H groups in total. The molecule has 0 radical (unpaired) electrons. The van der Waals surface area contributed by atoms with Gasteiger partial charge in [0.05, 0.1) is 4.92 Å². The van der Waals surface area contributed by atoms with E-state index in [9.17, 15) is 14.9 Å². The molecule has 0 fully saturated rings. The van der Waals surface area contributed by atoms with Crippen LogP contribution in [0.4, 0.5) is 5.69 Å². The summed E-state index contributed by atoms with van der Waals surface area (Å²) in [5.74, 6) is -0.179. The molecule has 0 aliphatic rings. The quantitative estimate of drug-likeness (QED) is 0.248. The van der Waals surface area contributed by atoms with Crippen LogP contribution < -0.4 is 0 Å². The first kappa shape index (κ1) is 17.6. The fraction of sp³-hybridized carbons (Fsp3) is 0. The first-order chi connectivity index (χ1) is 12.5. The van der Waals surface area contributed by atoms with Crippen molar-refractivity contribution in [2.75, 3.05) is 0 Å². The largest absolute Gasteiger partial charge is 0.289 e. The number of hydrogen-bond acceptors (Lipinski definition) is 3. The lowest BCUT2D eigenvalue weighted by molar-refractivity contribution is -0.384. The maximum absolute atomic E-state index is 12.3. The van der Waals surface area contributed by atoms with E-state index in [4.69, 9.17) is 11.6 Å². The minimum Gasteiger partial charge on any atom is -0.289 e. The second-order valence-electron chi connectivity index (χ2n) is 5.61. The Bertz CT molecular complexity index is 980. The van der Waals surface area contributed by atoms with Crippen molar-refractivity contribution in [1.29, 1.82) is 0 Å². The molecule has 0 aromatic heterocycles. The lowest BCUT2D eigenvalue weighted by atomic mass is 10.0. The molecular formula is C21H14ClNO3. The van der Waals surface area contributed by atoms with E-state index in [1.54, 1.807) is 18.2 Å². The third-order valence-electron chi connectivity index (χ3n) is 3.87. The van der Waals surface area contributed by atoms with Crippen LogP contribution in [-0.2, 0) is 0 Å². The molecule has 0 aliphatic heterocycles. The number of carbonyl (C=O) groups excluding carboxylic acids is 1. The fourth-order valence-corrected chi connectivity index (χ4v) is 2.69. The van der Waals surface area contributed by atoms with Crippen molar-refractivity contribution in [2.45, 2.75) is 0 Å². The zero-order chi connectivity index (χ0) is 18.5. The molecule has 0 bridgehead atoms. The van der Waals surface area contributed by atoms with Crippen LogP contribution in [0.25, 0.3) is 17.2 Å². The van der Waals surface area contributed by atoms with Crippen molar-refractivity contribution in [1.82, 2.24) is 0 Å². The number of nitro benzene ring substituents is 1. The predicted molar refractivity (Wildman–Crippen MR) is 103 cm³/mol. The summed E-state index contributed by atoms with van der Waals surface area (Å²) in [6.07, 6.45) is 2.93. The van der Waals surface area contributed by atoms with Crippen LogP contribution >= 0.6 is 11.6 Å². The van der Waals surface area contributed by atoms with Crippen molar-refractivity contribution in [2.24, 2.45) is 0 Å². The molecule has 0 atom stereocenters. The Morgan fingerprint density at radius 1 is 0.923 bits per heavy atom. The topological polar surface area (TPSA) is 60.2 Å². The monoisotopic (exact) mass is 363 g/mol. The summed E-state index contributed by atoms with van der Waals surface area (Å²) >= 11 is 5.78. The summed E-state index contributed by atoms with van der Waals surface area (Å²) < 4.78 is 0. The van der Waals surface area contributed by atoms with Crippen LogP contribution in [0, 0.1) is 10.1 Å². The molecule has 128 valence electrons. The molecule has 0 unspecified atom stereocenters. The van der Waals surface area contributed by atoms with E-state index in [2.05, 4.69) is 0 Å². The zero-order valence-corrected chi connectivity index (χ0v) is 14.4. The van der Waals surface area contributed by atoms with Crippen LogP contribution in [0.15, 0.2) is 78.9 Å². The van der Waals surface area contributed by atoms with Gasteiger partial charge in [0, 0.05) is 11.6 Å². The van der Waals surface area contributed by atoms with Crippen LogP contribution in [0.5, 0.6) is 0 Å². The van der Waals surface area contributed by atoms with E-state index in [1.807, 2.05) is 42.5 Å². The third kappa shape index (κ3) is 4.05. The normalized spacial score (nSPS) is 10.8. The van der Waals surface area contributed by atoms with Crippen molar-refractivity contribution in [3.63, 3.8) is 0 Å². The van der Waals surface area contributed by atoms with Gasteiger partial charge in [-0.2, -0.15) is 0 Å². The van der Waals surface area contributed by atoms with E-state index in [0.29, 0.717) is 11.1 Å². The van der Waals surface area contributed by atoms with E-state index in [1.165, 1.54) is 24.3 Å². The molecule has 0 saturated carbocycles. The first-order valence-electron chi connectivity index (χ1n) is 7.86. The minimum absolute atomic E-state index is 0.0648. The number of benzene rings is 3. The Labute approximate surface area is 155 Å². The highest BCUT2D eigenvalue weighted by molar-refractivity contribution is 6.32. The standard InChI is InChI=1S/C21H14ClNO3/c22-19-12-6-15(14-20(19)23(25)26)7-13-21(24)18-10-8-17(9-11-18)16-4-2-1-3-5-16/h1-14H/b13-7+. The van der Waals surface area contributed by atoms with Gasteiger partial charge in [-0.3, -0.25) is 14.9 Å². The molecule has 3 aromatic rings. The van der Waals surface area contributed by atoms with Gasteiger partial charge in [0.1, 0.15) is 5.02 Å². The minimum atomic E-state index is -0.552. The molecule has 3 rings (SSSR count). The van der Waals surface area contributed by atoms with Crippen molar-refractivity contribution >= 4 is 29.1 Å². The number of nitrogens with zero attached hydrogens (tertiary/aromatic N) is 1. The number of carbonyl (C=O) groups is 1. The van der Waals surface area contributed by atoms with Gasteiger partial charge >= 0.3 is 0 Å². The van der Waals surface area contributed by atoms with Gasteiger partial charge in [0.2, 0.25) is 0 Å². The van der Waals surface area contributed by atoms with E-state index in [-0.39, 0.29) is 16.5 Å². The Balaban J connectivity index is 1.77. The molecule has 0 amide bonds. The van der Waals surface area contributed by atoms with Gasteiger partial charge in [0.25, 0.3) is 5.69 Å². The predicted octanol–water partition coefficient (Wildman–Crippen LogP) is 5.81. The van der Waals surface area contributed by atoms with Crippen LogP contribution in [0.2, 0.25) is 5.02 Å². The fourth-order valence-electron chi connectivity index (χ4n) is 2.50. The van der Waals surface area contributed by atoms with Crippen LogP contribution in [-0.4, -0.2) is 10.7 Å². The highest BCUT2D eigenvalue weighted by Gasteiger charge is 2.12. The highest BCUT2D eigenvalue weighted by atomic mass is 35.5. The Morgan fingerprint density at radius 2 is 1.58 bits per heavy atom. The third-order valence-corrected chi connectivity index (χ3v) is 4.19. The summed E-state index contributed by atoms with van der Waals surface area (Å²) in [7, 11) is 0. The molecule has 26 heavy (non-hydrogen) atoms. The number of halogens is 1. The highest BCUT2D eigenvalue weighted by Crippen LogP contribution is 2.25. The smallest absolute Gasteiger partial charge is 0.288 e. The molecule has 0 saturated heterocycles. The SMILES string of the molecule is O=C(/C=C/c1ccc(Cl)c([N+](=O)[O-])c1)c1ccc(-c2ccccc2)cc1. The van der Waals surface area contributed by atoms with E-state index in [0.717, 1.165) is 11.1 Å². The average Bonchev–Trinajstić information content (AvgIpc) is 2.67. The molecule has 3 aromatic carbocycles.